The minimum absolute atomic E-state index is 0.0697. The Kier molecular flexibility index (Phi) is 10.8. The van der Waals surface area contributed by atoms with E-state index in [2.05, 4.69) is 10.6 Å². The number of hydrogen-bond acceptors (Lipinski definition) is 6. The Morgan fingerprint density at radius 2 is 1.82 bits per heavy atom. The summed E-state index contributed by atoms with van der Waals surface area (Å²) in [5, 5.41) is 26.0. The van der Waals surface area contributed by atoms with Crippen molar-refractivity contribution in [2.75, 3.05) is 13.2 Å². The number of aliphatic hydroxyl groups is 1. The number of nitrogens with zero attached hydrogens (tertiary/aromatic N) is 1. The van der Waals surface area contributed by atoms with Gasteiger partial charge < -0.3 is 30.5 Å². The molecule has 4 N–H and O–H groups in total. The SMILES string of the molecule is CCOc1ccccc1C1C(C(=O)NCc2ccc(Cl)c(Cl)c2)=C(O)C(=O)N1CCCC[C@H](NC(C)=O)C(=O)O. The first kappa shape index (κ1) is 30.8. The number of ether oxygens (including phenoxy) is 1. The zero-order chi connectivity index (χ0) is 29.4. The maximum absolute atomic E-state index is 13.4. The second-order valence-electron chi connectivity index (χ2n) is 9.15. The Bertz CT molecular complexity index is 1310. The molecule has 0 saturated carbocycles. The number of carboxylic acids is 1. The van der Waals surface area contributed by atoms with Gasteiger partial charge in [-0.15, -0.1) is 0 Å². The molecule has 10 nitrogen and oxygen atoms in total. The van der Waals surface area contributed by atoms with Gasteiger partial charge in [0.05, 0.1) is 28.3 Å². The Morgan fingerprint density at radius 3 is 2.48 bits per heavy atom. The molecule has 12 heteroatoms. The van der Waals surface area contributed by atoms with Crippen molar-refractivity contribution in [3.63, 3.8) is 0 Å². The van der Waals surface area contributed by atoms with Gasteiger partial charge in [-0.1, -0.05) is 47.5 Å². The summed E-state index contributed by atoms with van der Waals surface area (Å²) in [4.78, 5) is 50.8. The van der Waals surface area contributed by atoms with Crippen molar-refractivity contribution in [3.05, 3.63) is 75.0 Å². The van der Waals surface area contributed by atoms with E-state index in [0.29, 0.717) is 46.4 Å². The number of nitrogens with one attached hydrogen (secondary N) is 2. The fourth-order valence-corrected chi connectivity index (χ4v) is 4.81. The van der Waals surface area contributed by atoms with Crippen LogP contribution in [0.15, 0.2) is 53.8 Å². The summed E-state index contributed by atoms with van der Waals surface area (Å²) < 4.78 is 5.76. The number of carboxylic acid groups (broad SMARTS) is 1. The average Bonchev–Trinajstić information content (AvgIpc) is 3.16. The van der Waals surface area contributed by atoms with E-state index in [1.807, 2.05) is 0 Å². The number of amides is 3. The summed E-state index contributed by atoms with van der Waals surface area (Å²) >= 11 is 12.0. The molecule has 0 radical (unpaired) electrons. The number of carbonyl (C=O) groups excluding carboxylic acids is 3. The van der Waals surface area contributed by atoms with E-state index in [0.717, 1.165) is 0 Å². The summed E-state index contributed by atoms with van der Waals surface area (Å²) in [6, 6.07) is 9.84. The Labute approximate surface area is 241 Å². The van der Waals surface area contributed by atoms with Crippen LogP contribution in [0.1, 0.15) is 50.3 Å². The minimum Gasteiger partial charge on any atom is -0.503 e. The third kappa shape index (κ3) is 7.45. The lowest BCUT2D eigenvalue weighted by molar-refractivity contribution is -0.141. The van der Waals surface area contributed by atoms with Crippen molar-refractivity contribution in [1.82, 2.24) is 15.5 Å². The molecule has 0 bridgehead atoms. The maximum atomic E-state index is 13.4. The van der Waals surface area contributed by atoms with Crippen LogP contribution in [0.2, 0.25) is 10.0 Å². The number of carbonyl (C=O) groups is 4. The summed E-state index contributed by atoms with van der Waals surface area (Å²) in [6.45, 7) is 3.57. The van der Waals surface area contributed by atoms with Crippen molar-refractivity contribution in [3.8, 4) is 5.75 Å². The van der Waals surface area contributed by atoms with Crippen LogP contribution >= 0.6 is 23.2 Å². The van der Waals surface area contributed by atoms with Crippen LogP contribution in [0, 0.1) is 0 Å². The predicted octanol–water partition coefficient (Wildman–Crippen LogP) is 4.16. The maximum Gasteiger partial charge on any atom is 0.326 e. The summed E-state index contributed by atoms with van der Waals surface area (Å²) in [7, 11) is 0. The van der Waals surface area contributed by atoms with E-state index >= 15 is 0 Å². The number of aliphatic hydroxyl groups excluding tert-OH is 1. The van der Waals surface area contributed by atoms with Crippen LogP contribution < -0.4 is 15.4 Å². The van der Waals surface area contributed by atoms with E-state index in [1.165, 1.54) is 11.8 Å². The van der Waals surface area contributed by atoms with Gasteiger partial charge in [-0.3, -0.25) is 14.4 Å². The highest BCUT2D eigenvalue weighted by Crippen LogP contribution is 2.41. The lowest BCUT2D eigenvalue weighted by Crippen LogP contribution is -2.39. The molecule has 2 aromatic rings. The molecule has 3 rings (SSSR count). The number of para-hydroxylation sites is 1. The number of unbranched alkanes of at least 4 members (excludes halogenated alkanes) is 1. The predicted molar refractivity (Wildman–Crippen MR) is 149 cm³/mol. The first-order chi connectivity index (χ1) is 19.0. The van der Waals surface area contributed by atoms with Gasteiger partial charge in [-0.2, -0.15) is 0 Å². The monoisotopic (exact) mass is 591 g/mol. The number of benzene rings is 2. The summed E-state index contributed by atoms with van der Waals surface area (Å²) in [5.74, 6) is -3.21. The lowest BCUT2D eigenvalue weighted by atomic mass is 9.97. The van der Waals surface area contributed by atoms with Crippen molar-refractivity contribution < 1.29 is 34.1 Å². The number of rotatable bonds is 13. The van der Waals surface area contributed by atoms with Crippen molar-refractivity contribution in [2.24, 2.45) is 0 Å². The van der Waals surface area contributed by atoms with Gasteiger partial charge in [0, 0.05) is 25.6 Å². The highest BCUT2D eigenvalue weighted by Gasteiger charge is 2.44. The number of aliphatic carboxylic acids is 1. The minimum atomic E-state index is -1.16. The fourth-order valence-electron chi connectivity index (χ4n) is 4.49. The molecule has 0 fully saturated rings. The van der Waals surface area contributed by atoms with E-state index < -0.39 is 41.5 Å². The first-order valence-corrected chi connectivity index (χ1v) is 13.5. The number of halogens is 2. The molecule has 3 amide bonds. The van der Waals surface area contributed by atoms with Gasteiger partial charge in [0.25, 0.3) is 11.8 Å². The fraction of sp³-hybridized carbons (Fsp3) is 0.357. The first-order valence-electron chi connectivity index (χ1n) is 12.7. The quantitative estimate of drug-likeness (QED) is 0.256. The van der Waals surface area contributed by atoms with E-state index in [-0.39, 0.29) is 25.1 Å². The molecule has 1 aliphatic heterocycles. The summed E-state index contributed by atoms with van der Waals surface area (Å²) in [6.07, 6.45) is 0.863. The molecule has 1 aliphatic rings. The van der Waals surface area contributed by atoms with Crippen molar-refractivity contribution >= 4 is 46.9 Å². The molecule has 40 heavy (non-hydrogen) atoms. The van der Waals surface area contributed by atoms with Crippen LogP contribution in [-0.4, -0.2) is 58.0 Å². The van der Waals surface area contributed by atoms with Crippen molar-refractivity contribution in [1.29, 1.82) is 0 Å². The van der Waals surface area contributed by atoms with Crippen LogP contribution in [-0.2, 0) is 25.7 Å². The standard InChI is InChI=1S/C28H31Cl2N3O7/c1-3-40-22-10-5-4-8-18(22)24-23(26(36)31-15-17-11-12-19(29)20(30)14-17)25(35)27(37)33(24)13-7-6-9-21(28(38)39)32-16(2)34/h4-5,8,10-12,14,21,24,35H,3,6-7,9,13,15H2,1-2H3,(H,31,36)(H,32,34)(H,38,39)/t21-,24?/m0/s1. The molecule has 2 atom stereocenters. The Hall–Kier alpha value is -3.76. The zero-order valence-electron chi connectivity index (χ0n) is 22.1. The van der Waals surface area contributed by atoms with Crippen molar-refractivity contribution in [2.45, 2.75) is 51.7 Å². The smallest absolute Gasteiger partial charge is 0.326 e. The van der Waals surface area contributed by atoms with Gasteiger partial charge in [-0.05, 0) is 49.9 Å². The van der Waals surface area contributed by atoms with Crippen LogP contribution in [0.4, 0.5) is 0 Å². The van der Waals surface area contributed by atoms with E-state index in [4.69, 9.17) is 27.9 Å². The molecular formula is C28H31Cl2N3O7. The van der Waals surface area contributed by atoms with Gasteiger partial charge in [0.2, 0.25) is 5.91 Å². The molecule has 1 unspecified atom stereocenters. The third-order valence-electron chi connectivity index (χ3n) is 6.32. The molecule has 1 heterocycles. The summed E-state index contributed by atoms with van der Waals surface area (Å²) in [5.41, 5.74) is 1.06. The second kappa shape index (κ2) is 14.0. The highest BCUT2D eigenvalue weighted by atomic mass is 35.5. The molecular weight excluding hydrogens is 561 g/mol. The average molecular weight is 592 g/mol. The highest BCUT2D eigenvalue weighted by molar-refractivity contribution is 6.42. The van der Waals surface area contributed by atoms with Gasteiger partial charge in [-0.25, -0.2) is 4.79 Å². The second-order valence-corrected chi connectivity index (χ2v) is 9.97. The molecule has 214 valence electrons. The van der Waals surface area contributed by atoms with Crippen LogP contribution in [0.3, 0.4) is 0 Å². The largest absolute Gasteiger partial charge is 0.503 e. The Morgan fingerprint density at radius 1 is 1.10 bits per heavy atom. The van der Waals surface area contributed by atoms with Gasteiger partial charge in [0.1, 0.15) is 11.8 Å². The molecule has 0 aromatic heterocycles. The Balaban J connectivity index is 1.84. The van der Waals surface area contributed by atoms with E-state index in [1.54, 1.807) is 49.4 Å². The topological polar surface area (TPSA) is 145 Å². The van der Waals surface area contributed by atoms with E-state index in [9.17, 15) is 29.4 Å². The molecule has 0 spiro atoms. The van der Waals surface area contributed by atoms with Crippen LogP contribution in [0.5, 0.6) is 5.75 Å². The third-order valence-corrected chi connectivity index (χ3v) is 7.06. The normalized spacial score (nSPS) is 15.7. The molecule has 2 aromatic carbocycles. The number of hydrogen-bond donors (Lipinski definition) is 4. The lowest BCUT2D eigenvalue weighted by Gasteiger charge is -2.28. The molecule has 0 aliphatic carbocycles. The van der Waals surface area contributed by atoms with Crippen LogP contribution in [0.25, 0.3) is 0 Å². The zero-order valence-corrected chi connectivity index (χ0v) is 23.6. The van der Waals surface area contributed by atoms with Gasteiger partial charge >= 0.3 is 5.97 Å². The molecule has 0 saturated heterocycles. The van der Waals surface area contributed by atoms with Gasteiger partial charge in [0.15, 0.2) is 5.76 Å².